The van der Waals surface area contributed by atoms with Gasteiger partial charge in [-0.15, -0.1) is 0 Å². The predicted octanol–water partition coefficient (Wildman–Crippen LogP) is 17.6. The highest BCUT2D eigenvalue weighted by Gasteiger charge is 2.49. The quantitative estimate of drug-likeness (QED) is 0.162. The van der Waals surface area contributed by atoms with Crippen LogP contribution in [-0.2, 0) is 5.41 Å². The van der Waals surface area contributed by atoms with Crippen LogP contribution in [0.5, 0.6) is 0 Å². The second-order valence-corrected chi connectivity index (χ2v) is 18.4. The molecule has 0 radical (unpaired) electrons. The molecule has 322 valence electrons. The summed E-state index contributed by atoms with van der Waals surface area (Å²) in [6.45, 7) is 0. The van der Waals surface area contributed by atoms with E-state index in [0.29, 0.717) is 0 Å². The average Bonchev–Trinajstić information content (AvgIpc) is 3.88. The summed E-state index contributed by atoms with van der Waals surface area (Å²) in [6.07, 6.45) is 0. The van der Waals surface area contributed by atoms with Gasteiger partial charge in [0.2, 0.25) is 0 Å². The van der Waals surface area contributed by atoms with Gasteiger partial charge in [0, 0.05) is 33.5 Å². The fourth-order valence-electron chi connectivity index (χ4n) is 11.9. The molecule has 1 spiro atoms. The van der Waals surface area contributed by atoms with Crippen molar-refractivity contribution in [1.29, 1.82) is 0 Å². The van der Waals surface area contributed by atoms with Gasteiger partial charge in [-0.2, -0.15) is 0 Å². The zero-order chi connectivity index (χ0) is 45.5. The molecule has 0 N–H and O–H groups in total. The van der Waals surface area contributed by atoms with E-state index in [-0.39, 0.29) is 0 Å². The van der Waals surface area contributed by atoms with Gasteiger partial charge in [0.05, 0.1) is 16.4 Å². The summed E-state index contributed by atoms with van der Waals surface area (Å²) >= 11 is 0. The van der Waals surface area contributed by atoms with Gasteiger partial charge in [0.1, 0.15) is 0 Å². The second-order valence-electron chi connectivity index (χ2n) is 18.4. The molecule has 69 heavy (non-hydrogen) atoms. The summed E-state index contributed by atoms with van der Waals surface area (Å²) in [5.74, 6) is 0. The molecule has 2 aliphatic rings. The van der Waals surface area contributed by atoms with E-state index >= 15 is 0 Å². The number of para-hydroxylation sites is 2. The summed E-state index contributed by atoms with van der Waals surface area (Å²) < 4.78 is 2.38. The Balaban J connectivity index is 0.928. The van der Waals surface area contributed by atoms with Crippen LogP contribution in [0.2, 0.25) is 0 Å². The molecule has 0 amide bonds. The third-order valence-corrected chi connectivity index (χ3v) is 14.8. The van der Waals surface area contributed by atoms with Gasteiger partial charge >= 0.3 is 0 Å². The van der Waals surface area contributed by atoms with E-state index < -0.39 is 5.41 Å². The average molecular weight is 877 g/mol. The third-order valence-electron chi connectivity index (χ3n) is 14.8. The zero-order valence-electron chi connectivity index (χ0n) is 37.8. The van der Waals surface area contributed by atoms with Crippen molar-refractivity contribution < 1.29 is 0 Å². The lowest BCUT2D eigenvalue weighted by Gasteiger charge is -2.35. The Hall–Kier alpha value is -8.98. The molecule has 0 aliphatic heterocycles. The number of hydrogen-bond donors (Lipinski definition) is 0. The van der Waals surface area contributed by atoms with Crippen LogP contribution >= 0.6 is 0 Å². The van der Waals surface area contributed by atoms with Crippen LogP contribution in [-0.4, -0.2) is 4.57 Å². The SMILES string of the molecule is c1ccc(-c2ccc(N(c3ccc(-c4ccc5c(c4)C4(c6ccccc6-c6ccccc6-c6ccccc64)c4ccccc4-5)cc3)c3ccc4c(c3)c3ccccc3n4-c3ccccc3)cc2)cc1. The Labute approximate surface area is 402 Å². The molecule has 0 saturated heterocycles. The van der Waals surface area contributed by atoms with Crippen molar-refractivity contribution in [3.8, 4) is 61.3 Å². The van der Waals surface area contributed by atoms with Crippen LogP contribution in [0.15, 0.2) is 267 Å². The molecule has 11 aromatic carbocycles. The monoisotopic (exact) mass is 876 g/mol. The lowest BCUT2D eigenvalue weighted by molar-refractivity contribution is 0.775. The molecular formula is C67H44N2. The molecule has 0 saturated carbocycles. The third kappa shape index (κ3) is 5.92. The van der Waals surface area contributed by atoms with E-state index in [2.05, 4.69) is 276 Å². The number of fused-ring (bicyclic) bond motifs is 15. The number of nitrogens with zero attached hydrogens (tertiary/aromatic N) is 2. The Bertz CT molecular complexity index is 3870. The van der Waals surface area contributed by atoms with Crippen LogP contribution < -0.4 is 4.90 Å². The topological polar surface area (TPSA) is 8.17 Å². The van der Waals surface area contributed by atoms with E-state index in [4.69, 9.17) is 0 Å². The van der Waals surface area contributed by atoms with E-state index in [1.165, 1.54) is 99.7 Å². The first-order valence-corrected chi connectivity index (χ1v) is 23.9. The minimum absolute atomic E-state index is 0.529. The first kappa shape index (κ1) is 39.2. The number of hydrogen-bond acceptors (Lipinski definition) is 1. The molecule has 0 atom stereocenters. The molecule has 12 aromatic rings. The number of benzene rings is 11. The highest BCUT2D eigenvalue weighted by atomic mass is 15.1. The van der Waals surface area contributed by atoms with E-state index in [9.17, 15) is 0 Å². The smallest absolute Gasteiger partial charge is 0.0725 e. The van der Waals surface area contributed by atoms with Crippen LogP contribution in [0.3, 0.4) is 0 Å². The van der Waals surface area contributed by atoms with Crippen molar-refractivity contribution in [2.24, 2.45) is 0 Å². The van der Waals surface area contributed by atoms with Gasteiger partial charge in [-0.25, -0.2) is 0 Å². The Morgan fingerprint density at radius 2 is 0.681 bits per heavy atom. The highest BCUT2D eigenvalue weighted by Crippen LogP contribution is 2.61. The van der Waals surface area contributed by atoms with Crippen molar-refractivity contribution in [3.05, 3.63) is 289 Å². The number of anilines is 3. The van der Waals surface area contributed by atoms with Crippen molar-refractivity contribution in [1.82, 2.24) is 4.57 Å². The summed E-state index contributed by atoms with van der Waals surface area (Å²) in [5.41, 5.74) is 24.0. The van der Waals surface area contributed by atoms with Crippen molar-refractivity contribution in [2.45, 2.75) is 5.41 Å². The Morgan fingerprint density at radius 3 is 1.29 bits per heavy atom. The molecule has 2 nitrogen and oxygen atoms in total. The summed E-state index contributed by atoms with van der Waals surface area (Å²) in [4.78, 5) is 2.40. The maximum absolute atomic E-state index is 2.49. The van der Waals surface area contributed by atoms with E-state index in [0.717, 1.165) is 22.7 Å². The molecule has 0 bridgehead atoms. The lowest BCUT2D eigenvalue weighted by Crippen LogP contribution is -2.29. The molecule has 0 fully saturated rings. The van der Waals surface area contributed by atoms with Gasteiger partial charge in [-0.1, -0.05) is 200 Å². The Morgan fingerprint density at radius 1 is 0.261 bits per heavy atom. The second kappa shape index (κ2) is 15.6. The molecular weight excluding hydrogens is 833 g/mol. The summed E-state index contributed by atoms with van der Waals surface area (Å²) in [6, 6.07) is 98.7. The number of rotatable bonds is 6. The first-order chi connectivity index (χ1) is 34.2. The van der Waals surface area contributed by atoms with Gasteiger partial charge < -0.3 is 9.47 Å². The molecule has 0 unspecified atom stereocenters. The van der Waals surface area contributed by atoms with Crippen LogP contribution in [0.4, 0.5) is 17.1 Å². The van der Waals surface area contributed by atoms with Crippen LogP contribution in [0.1, 0.15) is 22.3 Å². The minimum atomic E-state index is -0.529. The normalized spacial score (nSPS) is 12.8. The molecule has 14 rings (SSSR count). The van der Waals surface area contributed by atoms with Crippen molar-refractivity contribution in [3.63, 3.8) is 0 Å². The molecule has 2 heteroatoms. The summed E-state index contributed by atoms with van der Waals surface area (Å²) in [5, 5.41) is 2.44. The van der Waals surface area contributed by atoms with E-state index in [1.54, 1.807) is 0 Å². The highest BCUT2D eigenvalue weighted by molar-refractivity contribution is 6.11. The maximum atomic E-state index is 2.49. The lowest BCUT2D eigenvalue weighted by atomic mass is 9.65. The van der Waals surface area contributed by atoms with Gasteiger partial charge in [0.15, 0.2) is 0 Å². The zero-order valence-corrected chi connectivity index (χ0v) is 37.8. The fraction of sp³-hybridized carbons (Fsp3) is 0.0149. The van der Waals surface area contributed by atoms with Gasteiger partial charge in [-0.05, 0) is 145 Å². The van der Waals surface area contributed by atoms with E-state index in [1.807, 2.05) is 0 Å². The largest absolute Gasteiger partial charge is 0.310 e. The first-order valence-electron chi connectivity index (χ1n) is 23.9. The predicted molar refractivity (Wildman–Crippen MR) is 288 cm³/mol. The standard InChI is InChI=1S/C67H44N2/c1-3-17-45(18-4-1)46-31-36-50(37-32-46)68(52-40-42-66-60(44-52)59-26-12-16-30-65(59)69(66)49-19-5-2-6-20-49)51-38-33-47(34-39-51)48-35-41-58-57-25-11-15-29-63(57)67(64(58)43-48)61-27-13-9-23-55(61)53-21-7-8-22-54(53)56-24-10-14-28-62(56)67/h1-44H. The van der Waals surface area contributed by atoms with Crippen molar-refractivity contribution in [2.75, 3.05) is 4.90 Å². The Kier molecular flexibility index (Phi) is 8.84. The van der Waals surface area contributed by atoms with Crippen LogP contribution in [0.25, 0.3) is 83.1 Å². The molecule has 1 heterocycles. The van der Waals surface area contributed by atoms with Crippen LogP contribution in [0, 0.1) is 0 Å². The fourth-order valence-corrected chi connectivity index (χ4v) is 11.9. The maximum Gasteiger partial charge on any atom is 0.0725 e. The van der Waals surface area contributed by atoms with Gasteiger partial charge in [-0.3, -0.25) is 0 Å². The summed E-state index contributed by atoms with van der Waals surface area (Å²) in [7, 11) is 0. The molecule has 2 aliphatic carbocycles. The molecule has 1 aromatic heterocycles. The number of aromatic nitrogens is 1. The van der Waals surface area contributed by atoms with Crippen molar-refractivity contribution >= 4 is 38.9 Å². The minimum Gasteiger partial charge on any atom is -0.310 e. The van der Waals surface area contributed by atoms with Gasteiger partial charge in [0.25, 0.3) is 0 Å².